The average molecular weight is 785 g/mol. The first-order chi connectivity index (χ1) is 25.8. The second kappa shape index (κ2) is 16.0. The van der Waals surface area contributed by atoms with Crippen molar-refractivity contribution in [1.29, 1.82) is 0 Å². The van der Waals surface area contributed by atoms with Crippen molar-refractivity contribution >= 4 is 50.5 Å². The van der Waals surface area contributed by atoms with E-state index in [2.05, 4.69) is 32.2 Å². The summed E-state index contributed by atoms with van der Waals surface area (Å²) in [6, 6.07) is 2.97. The van der Waals surface area contributed by atoms with Crippen LogP contribution in [0.2, 0.25) is 0 Å². The van der Waals surface area contributed by atoms with Gasteiger partial charge in [0, 0.05) is 23.9 Å². The molecule has 1 aliphatic heterocycles. The first-order valence-corrected chi connectivity index (χ1v) is 20.0. The third kappa shape index (κ3) is 9.14. The number of carbonyl (C=O) groups excluding carboxylic acids is 5. The normalized spacial score (nSPS) is 23.3. The van der Waals surface area contributed by atoms with Gasteiger partial charge in [-0.15, -0.1) is 6.58 Å². The lowest BCUT2D eigenvalue weighted by Crippen LogP contribution is -2.61. The maximum absolute atomic E-state index is 14.6. The highest BCUT2D eigenvalue weighted by atomic mass is 32.2. The van der Waals surface area contributed by atoms with E-state index >= 15 is 0 Å². The molecule has 0 radical (unpaired) electrons. The van der Waals surface area contributed by atoms with Crippen LogP contribution in [0.4, 0.5) is 4.79 Å². The molecule has 300 valence electrons. The molecule has 17 heteroatoms. The number of esters is 1. The number of sulfonamides is 1. The van der Waals surface area contributed by atoms with Crippen LogP contribution < -0.4 is 30.1 Å². The number of methoxy groups -OCH3 is 1. The fraction of sp³-hybridized carbons (Fsp3) is 0.579. The van der Waals surface area contributed by atoms with Crippen LogP contribution in [0.1, 0.15) is 67.2 Å². The molecule has 1 saturated heterocycles. The van der Waals surface area contributed by atoms with Gasteiger partial charge in [-0.1, -0.05) is 40.7 Å². The Morgan fingerprint density at radius 3 is 2.40 bits per heavy atom. The van der Waals surface area contributed by atoms with Gasteiger partial charge in [0.25, 0.3) is 5.91 Å². The molecule has 2 saturated carbocycles. The number of pyridine rings is 1. The summed E-state index contributed by atoms with van der Waals surface area (Å²) in [5.41, 5.74) is -2.49. The van der Waals surface area contributed by atoms with Crippen molar-refractivity contribution in [2.45, 2.75) is 102 Å². The van der Waals surface area contributed by atoms with E-state index in [1.165, 1.54) is 11.0 Å². The lowest BCUT2D eigenvalue weighted by molar-refractivity contribution is -0.146. The second-order valence-corrected chi connectivity index (χ2v) is 17.7. The van der Waals surface area contributed by atoms with Crippen LogP contribution in [-0.4, -0.2) is 103 Å². The molecule has 0 spiro atoms. The maximum atomic E-state index is 14.6. The smallest absolute Gasteiger partial charge is 0.328 e. The fourth-order valence-electron chi connectivity index (χ4n) is 6.76. The van der Waals surface area contributed by atoms with Gasteiger partial charge in [-0.3, -0.25) is 19.1 Å². The zero-order chi connectivity index (χ0) is 40.5. The van der Waals surface area contributed by atoms with Crippen LogP contribution in [0, 0.1) is 17.3 Å². The molecule has 2 aliphatic carbocycles. The van der Waals surface area contributed by atoms with Crippen molar-refractivity contribution in [1.82, 2.24) is 30.6 Å². The number of fused-ring (bicyclic) bond motifs is 1. The lowest BCUT2D eigenvalue weighted by atomic mass is 9.85. The minimum absolute atomic E-state index is 0.0238. The Morgan fingerprint density at radius 2 is 1.82 bits per heavy atom. The maximum Gasteiger partial charge on any atom is 0.328 e. The average Bonchev–Trinajstić information content (AvgIpc) is 4.05. The topological polar surface area (TPSA) is 211 Å². The molecular weight excluding hydrogens is 733 g/mol. The SMILES string of the molecule is C=C[C@@H]1C[C@]1(NC(=O)[C@@H]1C[C@@H](Oc2nccc3cc(OC)ccc23)CN1C(=O)[C@@H](NC(=O)N[C@H](C(=O)OCC)C(C)C)C(C)(C)C)C(=O)NS(=O)(=O)C1CC1. The number of benzene rings is 1. The first-order valence-electron chi connectivity index (χ1n) is 18.5. The zero-order valence-corrected chi connectivity index (χ0v) is 33.2. The number of aromatic nitrogens is 1. The molecule has 0 unspecified atom stereocenters. The van der Waals surface area contributed by atoms with Crippen molar-refractivity contribution < 1.29 is 46.6 Å². The van der Waals surface area contributed by atoms with Crippen molar-refractivity contribution in [3.05, 3.63) is 43.1 Å². The van der Waals surface area contributed by atoms with Gasteiger partial charge in [-0.25, -0.2) is 23.0 Å². The van der Waals surface area contributed by atoms with E-state index < -0.39 is 86.1 Å². The molecular formula is C38H52N6O10S. The van der Waals surface area contributed by atoms with Crippen LogP contribution in [0.25, 0.3) is 10.8 Å². The zero-order valence-electron chi connectivity index (χ0n) is 32.3. The van der Waals surface area contributed by atoms with Gasteiger partial charge < -0.3 is 35.1 Å². The van der Waals surface area contributed by atoms with Crippen LogP contribution >= 0.6 is 0 Å². The molecule has 5 rings (SSSR count). The van der Waals surface area contributed by atoms with Crippen LogP contribution in [0.3, 0.4) is 0 Å². The monoisotopic (exact) mass is 784 g/mol. The molecule has 5 amide bonds. The van der Waals surface area contributed by atoms with E-state index in [-0.39, 0.29) is 37.8 Å². The molecule has 55 heavy (non-hydrogen) atoms. The third-order valence-corrected chi connectivity index (χ3v) is 12.0. The van der Waals surface area contributed by atoms with E-state index in [9.17, 15) is 32.4 Å². The van der Waals surface area contributed by atoms with Gasteiger partial charge in [0.1, 0.15) is 35.5 Å². The molecule has 2 aromatic rings. The minimum Gasteiger partial charge on any atom is -0.497 e. The third-order valence-electron chi connectivity index (χ3n) is 10.2. The number of hydrogen-bond donors (Lipinski definition) is 4. The fourth-order valence-corrected chi connectivity index (χ4v) is 8.12. The summed E-state index contributed by atoms with van der Waals surface area (Å²) < 4.78 is 44.4. The number of nitrogens with one attached hydrogen (secondary N) is 4. The molecule has 3 aliphatic rings. The van der Waals surface area contributed by atoms with Gasteiger partial charge in [0.15, 0.2) is 0 Å². The molecule has 1 aromatic heterocycles. The van der Waals surface area contributed by atoms with E-state index in [4.69, 9.17) is 14.2 Å². The van der Waals surface area contributed by atoms with E-state index in [1.807, 2.05) is 6.07 Å². The van der Waals surface area contributed by atoms with E-state index in [1.54, 1.807) is 73.0 Å². The molecule has 0 bridgehead atoms. The van der Waals surface area contributed by atoms with Crippen LogP contribution in [0.15, 0.2) is 43.1 Å². The van der Waals surface area contributed by atoms with Crippen LogP contribution in [-0.2, 0) is 33.9 Å². The van der Waals surface area contributed by atoms with E-state index in [0.717, 1.165) is 5.39 Å². The minimum atomic E-state index is -3.93. The highest BCUT2D eigenvalue weighted by Crippen LogP contribution is 2.45. The number of likely N-dealkylation sites (tertiary alicyclic amines) is 1. The number of hydrogen-bond acceptors (Lipinski definition) is 11. The predicted octanol–water partition coefficient (Wildman–Crippen LogP) is 2.56. The Bertz CT molecular complexity index is 1940. The Hall–Kier alpha value is -4.93. The number of ether oxygens (including phenoxy) is 3. The molecule has 6 atom stereocenters. The molecule has 1 aromatic carbocycles. The van der Waals surface area contributed by atoms with Crippen LogP contribution in [0.5, 0.6) is 11.6 Å². The summed E-state index contributed by atoms with van der Waals surface area (Å²) in [7, 11) is -2.37. The lowest BCUT2D eigenvalue weighted by Gasteiger charge is -2.36. The van der Waals surface area contributed by atoms with Crippen molar-refractivity contribution in [3.63, 3.8) is 0 Å². The van der Waals surface area contributed by atoms with Crippen molar-refractivity contribution in [3.8, 4) is 11.6 Å². The van der Waals surface area contributed by atoms with Gasteiger partial charge in [-0.2, -0.15) is 0 Å². The molecule has 4 N–H and O–H groups in total. The number of rotatable bonds is 15. The molecule has 3 fully saturated rings. The quantitative estimate of drug-likeness (QED) is 0.152. The summed E-state index contributed by atoms with van der Waals surface area (Å²) >= 11 is 0. The van der Waals surface area contributed by atoms with Crippen molar-refractivity contribution in [2.75, 3.05) is 20.3 Å². The summed E-state index contributed by atoms with van der Waals surface area (Å²) in [5.74, 6) is -2.81. The summed E-state index contributed by atoms with van der Waals surface area (Å²) in [6.07, 6.45) is 3.25. The van der Waals surface area contributed by atoms with Gasteiger partial charge in [-0.05, 0) is 67.2 Å². The highest BCUT2D eigenvalue weighted by molar-refractivity contribution is 7.91. The Labute approximate surface area is 321 Å². The standard InChI is InChI=1S/C38H52N6O10S/c1-9-23-19-38(23,35(48)43-55(50,51)26-12-13-26)42-31(45)28-18-25(54-32-27-14-11-24(52-8)17-22(27)15-16-39-32)20-44(28)33(46)30(37(5,6)7)41-36(49)40-29(21(3)4)34(47)53-10-2/h9,11,14-17,21,23,25-26,28-30H,1,10,12-13,18-20H2,2-8H3,(H,42,45)(H,43,48)(H2,40,41,49)/t23-,25-,28+,29+,30-,38-/m1/s1. The van der Waals surface area contributed by atoms with Gasteiger partial charge >= 0.3 is 12.0 Å². The Kier molecular flexibility index (Phi) is 12.0. The van der Waals surface area contributed by atoms with Crippen molar-refractivity contribution in [2.24, 2.45) is 17.3 Å². The second-order valence-electron chi connectivity index (χ2n) is 15.8. The number of carbonyl (C=O) groups is 5. The number of amides is 5. The Balaban J connectivity index is 1.44. The van der Waals surface area contributed by atoms with Gasteiger partial charge in [0.05, 0.1) is 25.5 Å². The largest absolute Gasteiger partial charge is 0.497 e. The van der Waals surface area contributed by atoms with E-state index in [0.29, 0.717) is 24.0 Å². The number of urea groups is 1. The van der Waals surface area contributed by atoms with Gasteiger partial charge in [0.2, 0.25) is 27.7 Å². The first kappa shape index (κ1) is 41.2. The summed E-state index contributed by atoms with van der Waals surface area (Å²) in [6.45, 7) is 14.2. The summed E-state index contributed by atoms with van der Waals surface area (Å²) in [5, 5.41) is 8.90. The number of nitrogens with zero attached hydrogens (tertiary/aromatic N) is 2. The molecule has 2 heterocycles. The Morgan fingerprint density at radius 1 is 1.11 bits per heavy atom. The molecule has 16 nitrogen and oxygen atoms in total. The summed E-state index contributed by atoms with van der Waals surface area (Å²) in [4.78, 5) is 74.2. The predicted molar refractivity (Wildman–Crippen MR) is 202 cm³/mol. The highest BCUT2D eigenvalue weighted by Gasteiger charge is 2.62.